The van der Waals surface area contributed by atoms with Gasteiger partial charge in [0.25, 0.3) is 0 Å². The molecule has 0 N–H and O–H groups in total. The van der Waals surface area contributed by atoms with Crippen molar-refractivity contribution in [2.45, 2.75) is 24.9 Å². The van der Waals surface area contributed by atoms with Crippen LogP contribution in [0.15, 0.2) is 237 Å². The lowest BCUT2D eigenvalue weighted by Crippen LogP contribution is -2.30. The molecule has 0 aromatic heterocycles. The molecule has 2 aliphatic carbocycles. The van der Waals surface area contributed by atoms with Gasteiger partial charge in [-0.2, -0.15) is 0 Å². The van der Waals surface area contributed by atoms with Gasteiger partial charge in [-0.25, -0.2) is 0 Å². The minimum absolute atomic E-state index is 0.498. The van der Waals surface area contributed by atoms with Crippen LogP contribution in [0.1, 0.15) is 38.9 Å². The third-order valence-corrected chi connectivity index (χ3v) is 15.1. The van der Waals surface area contributed by atoms with Crippen LogP contribution in [0.2, 0.25) is 0 Å². The fraction of sp³-hybridized carbons (Fsp3) is 0.0606. The zero-order chi connectivity index (χ0) is 44.8. The number of aryl methyl sites for hydroxylation is 2. The predicted molar refractivity (Wildman–Crippen MR) is 281 cm³/mol. The number of benzene rings is 11. The molecular formula is C66H45NO. The Kier molecular flexibility index (Phi) is 8.73. The van der Waals surface area contributed by atoms with Gasteiger partial charge in [-0.15, -0.1) is 0 Å². The Morgan fingerprint density at radius 3 is 1.66 bits per heavy atom. The molecular weight excluding hydrogens is 823 g/mol. The van der Waals surface area contributed by atoms with Crippen molar-refractivity contribution >= 4 is 38.6 Å². The van der Waals surface area contributed by atoms with Crippen molar-refractivity contribution < 1.29 is 4.74 Å². The van der Waals surface area contributed by atoms with E-state index in [0.29, 0.717) is 6.61 Å². The van der Waals surface area contributed by atoms with Crippen LogP contribution in [-0.4, -0.2) is 0 Å². The summed E-state index contributed by atoms with van der Waals surface area (Å²) >= 11 is 0. The van der Waals surface area contributed by atoms with Crippen LogP contribution in [-0.2, 0) is 24.9 Å². The number of ether oxygens (including phenoxy) is 1. The topological polar surface area (TPSA) is 12.5 Å². The number of hydrogen-bond acceptors (Lipinski definition) is 2. The molecule has 1 heterocycles. The normalized spacial score (nSPS) is 13.6. The summed E-state index contributed by atoms with van der Waals surface area (Å²) in [5.41, 5.74) is 22.1. The molecule has 0 saturated carbocycles. The Balaban J connectivity index is 0.901. The summed E-state index contributed by atoms with van der Waals surface area (Å²) < 4.78 is 6.57. The molecule has 0 radical (unpaired) electrons. The molecule has 11 aromatic rings. The van der Waals surface area contributed by atoms with Gasteiger partial charge in [-0.1, -0.05) is 194 Å². The first-order valence-electron chi connectivity index (χ1n) is 23.9. The second-order valence-electron chi connectivity index (χ2n) is 18.6. The molecule has 0 amide bonds. The van der Waals surface area contributed by atoms with Crippen molar-refractivity contribution in [1.29, 1.82) is 0 Å². The largest absolute Gasteiger partial charge is 0.486 e. The van der Waals surface area contributed by atoms with Gasteiger partial charge in [0, 0.05) is 16.9 Å². The lowest BCUT2D eigenvalue weighted by atomic mass is 9.65. The first kappa shape index (κ1) is 38.8. The highest BCUT2D eigenvalue weighted by Crippen LogP contribution is 2.60. The van der Waals surface area contributed by atoms with Crippen molar-refractivity contribution in [1.82, 2.24) is 0 Å². The van der Waals surface area contributed by atoms with E-state index in [0.717, 1.165) is 41.2 Å². The van der Waals surface area contributed by atoms with E-state index in [1.54, 1.807) is 0 Å². The van der Waals surface area contributed by atoms with E-state index in [-0.39, 0.29) is 0 Å². The second-order valence-corrected chi connectivity index (χ2v) is 18.6. The molecule has 14 rings (SSSR count). The second kappa shape index (κ2) is 15.3. The minimum Gasteiger partial charge on any atom is -0.486 e. The van der Waals surface area contributed by atoms with Crippen LogP contribution < -0.4 is 9.64 Å². The van der Waals surface area contributed by atoms with Gasteiger partial charge in [0.1, 0.15) is 6.61 Å². The Bertz CT molecular complexity index is 3720. The summed E-state index contributed by atoms with van der Waals surface area (Å²) in [7, 11) is 0. The van der Waals surface area contributed by atoms with E-state index < -0.39 is 5.41 Å². The molecule has 2 nitrogen and oxygen atoms in total. The smallest absolute Gasteiger partial charge is 0.151 e. The SMILES string of the molecule is c1ccc(N(c2ccc(-c3cccc(-c4ccc5c(c4)C4(c6ccccc6-5)c5ccc6ccccc6c5CCc5c4ccc4ccccc54)c3)cc2)c2cccc3c2OCc2ccccc2-3)cc1. The number of para-hydroxylation sites is 2. The summed E-state index contributed by atoms with van der Waals surface area (Å²) in [4.78, 5) is 2.32. The molecule has 0 bridgehead atoms. The lowest BCUT2D eigenvalue weighted by molar-refractivity contribution is 0.303. The Morgan fingerprint density at radius 2 is 0.912 bits per heavy atom. The van der Waals surface area contributed by atoms with Gasteiger partial charge < -0.3 is 9.64 Å². The number of fused-ring (bicyclic) bond motifs is 16. The molecule has 11 aromatic carbocycles. The molecule has 2 heteroatoms. The van der Waals surface area contributed by atoms with Crippen LogP contribution in [0.3, 0.4) is 0 Å². The lowest BCUT2D eigenvalue weighted by Gasteiger charge is -2.36. The molecule has 0 saturated heterocycles. The fourth-order valence-corrected chi connectivity index (χ4v) is 12.2. The first-order valence-corrected chi connectivity index (χ1v) is 23.9. The van der Waals surface area contributed by atoms with Crippen LogP contribution in [0.4, 0.5) is 17.1 Å². The molecule has 0 fully saturated rings. The molecule has 1 aliphatic heterocycles. The maximum absolute atomic E-state index is 6.57. The summed E-state index contributed by atoms with van der Waals surface area (Å²) in [6, 6.07) is 87.9. The fourth-order valence-electron chi connectivity index (χ4n) is 12.2. The summed E-state index contributed by atoms with van der Waals surface area (Å²) in [5, 5.41) is 5.32. The molecule has 320 valence electrons. The third kappa shape index (κ3) is 5.77. The molecule has 0 atom stereocenters. The van der Waals surface area contributed by atoms with E-state index in [1.165, 1.54) is 99.4 Å². The van der Waals surface area contributed by atoms with Crippen LogP contribution in [0.5, 0.6) is 5.75 Å². The van der Waals surface area contributed by atoms with Crippen molar-refractivity contribution in [3.05, 3.63) is 276 Å². The van der Waals surface area contributed by atoms with E-state index in [9.17, 15) is 0 Å². The average molecular weight is 868 g/mol. The summed E-state index contributed by atoms with van der Waals surface area (Å²) in [5.74, 6) is 0.906. The number of nitrogens with zero attached hydrogens (tertiary/aromatic N) is 1. The first-order chi connectivity index (χ1) is 33.7. The third-order valence-electron chi connectivity index (χ3n) is 15.1. The van der Waals surface area contributed by atoms with E-state index in [4.69, 9.17) is 4.74 Å². The predicted octanol–water partition coefficient (Wildman–Crippen LogP) is 16.8. The Labute approximate surface area is 397 Å². The highest BCUT2D eigenvalue weighted by atomic mass is 16.5. The molecule has 68 heavy (non-hydrogen) atoms. The van der Waals surface area contributed by atoms with Crippen LogP contribution >= 0.6 is 0 Å². The number of hydrogen-bond donors (Lipinski definition) is 0. The van der Waals surface area contributed by atoms with Crippen molar-refractivity contribution in [2.24, 2.45) is 0 Å². The van der Waals surface area contributed by atoms with Gasteiger partial charge >= 0.3 is 0 Å². The summed E-state index contributed by atoms with van der Waals surface area (Å²) in [6.07, 6.45) is 1.97. The zero-order valence-corrected chi connectivity index (χ0v) is 37.5. The number of anilines is 3. The Hall–Kier alpha value is -8.46. The zero-order valence-electron chi connectivity index (χ0n) is 37.5. The maximum atomic E-state index is 6.57. The van der Waals surface area contributed by atoms with Crippen LogP contribution in [0, 0.1) is 0 Å². The standard InChI is InChI=1S/C66H45NO/c1-2-19-50(20-3-1)67(64-27-13-25-59-54-23-9-6-16-49(54)42-68-65(59)64)51-33-28-43(29-34-51)46-17-12-18-47(40-46)48-30-35-58-55-24-10-11-26-60(55)66(63(58)41-48)61-38-31-44-14-4-7-21-52(44)56(61)36-37-57-53-22-8-5-15-45(53)32-39-62(57)66/h1-35,38-41H,36-37,42H2. The monoisotopic (exact) mass is 867 g/mol. The number of rotatable bonds is 5. The summed E-state index contributed by atoms with van der Waals surface area (Å²) in [6.45, 7) is 0.547. The minimum atomic E-state index is -0.498. The highest BCUT2D eigenvalue weighted by molar-refractivity contribution is 5.97. The van der Waals surface area contributed by atoms with Crippen molar-refractivity contribution in [3.63, 3.8) is 0 Å². The van der Waals surface area contributed by atoms with Crippen molar-refractivity contribution in [3.8, 4) is 50.3 Å². The molecule has 1 spiro atoms. The maximum Gasteiger partial charge on any atom is 0.151 e. The van der Waals surface area contributed by atoms with Gasteiger partial charge in [0.05, 0.1) is 11.1 Å². The molecule has 3 aliphatic rings. The van der Waals surface area contributed by atoms with E-state index in [2.05, 4.69) is 241 Å². The van der Waals surface area contributed by atoms with E-state index in [1.807, 2.05) is 0 Å². The van der Waals surface area contributed by atoms with E-state index >= 15 is 0 Å². The Morgan fingerprint density at radius 1 is 0.353 bits per heavy atom. The van der Waals surface area contributed by atoms with Crippen molar-refractivity contribution in [2.75, 3.05) is 4.90 Å². The van der Waals surface area contributed by atoms with Gasteiger partial charge in [0.15, 0.2) is 5.75 Å². The van der Waals surface area contributed by atoms with Gasteiger partial charge in [0.2, 0.25) is 0 Å². The van der Waals surface area contributed by atoms with Gasteiger partial charge in [-0.3, -0.25) is 0 Å². The molecule has 0 unspecified atom stereocenters. The van der Waals surface area contributed by atoms with Crippen LogP contribution in [0.25, 0.3) is 66.1 Å². The quantitative estimate of drug-likeness (QED) is 0.171. The highest BCUT2D eigenvalue weighted by Gasteiger charge is 2.49. The average Bonchev–Trinajstić information content (AvgIpc) is 3.60. The van der Waals surface area contributed by atoms with Gasteiger partial charge in [-0.05, 0) is 155 Å².